The predicted octanol–water partition coefficient (Wildman–Crippen LogP) is 12.4. The van der Waals surface area contributed by atoms with E-state index in [0.717, 1.165) is 77.9 Å². The van der Waals surface area contributed by atoms with Crippen molar-refractivity contribution in [1.29, 1.82) is 5.41 Å². The Morgan fingerprint density at radius 3 is 1.71 bits per heavy atom. The Morgan fingerprint density at radius 1 is 0.462 bits per heavy atom. The van der Waals surface area contributed by atoms with Gasteiger partial charge in [0.25, 0.3) is 0 Å². The van der Waals surface area contributed by atoms with Gasteiger partial charge in [0.05, 0.1) is 17.1 Å². The largest absolute Gasteiger partial charge is 0.323 e. The van der Waals surface area contributed by atoms with E-state index >= 15 is 0 Å². The molecule has 1 aliphatic heterocycles. The summed E-state index contributed by atoms with van der Waals surface area (Å²) in [6.45, 7) is 0. The van der Waals surface area contributed by atoms with Crippen LogP contribution in [0.4, 0.5) is 0 Å². The zero-order chi connectivity index (χ0) is 43.5. The highest BCUT2D eigenvalue weighted by atomic mass is 15.1. The van der Waals surface area contributed by atoms with Gasteiger partial charge in [-0.2, -0.15) is 4.99 Å². The highest BCUT2D eigenvalue weighted by Crippen LogP contribution is 2.30. The van der Waals surface area contributed by atoms with Crippen molar-refractivity contribution in [2.45, 2.75) is 6.17 Å². The first-order valence-corrected chi connectivity index (χ1v) is 21.9. The summed E-state index contributed by atoms with van der Waals surface area (Å²) in [6, 6.07) is 77.9. The minimum Gasteiger partial charge on any atom is -0.323 e. The maximum Gasteiger partial charge on any atom is 0.229 e. The summed E-state index contributed by atoms with van der Waals surface area (Å²) in [5.74, 6) is 0.101. The van der Waals surface area contributed by atoms with Gasteiger partial charge in [-0.1, -0.05) is 188 Å². The van der Waals surface area contributed by atoms with Crippen molar-refractivity contribution >= 4 is 38.8 Å². The molecule has 4 N–H and O–H groups in total. The van der Waals surface area contributed by atoms with Gasteiger partial charge in [0.1, 0.15) is 5.70 Å². The van der Waals surface area contributed by atoms with Crippen LogP contribution in [0, 0.1) is 5.41 Å². The van der Waals surface area contributed by atoms with Gasteiger partial charge in [0.2, 0.25) is 11.8 Å². The smallest absolute Gasteiger partial charge is 0.229 e. The summed E-state index contributed by atoms with van der Waals surface area (Å²) in [5.41, 5.74) is 14.5. The van der Waals surface area contributed by atoms with Crippen molar-refractivity contribution in [2.75, 3.05) is 0 Å². The van der Waals surface area contributed by atoms with Crippen LogP contribution in [0.1, 0.15) is 28.4 Å². The van der Waals surface area contributed by atoms with E-state index in [-0.39, 0.29) is 12.0 Å². The summed E-state index contributed by atoms with van der Waals surface area (Å²) >= 11 is 0. The molecule has 0 fully saturated rings. The molecule has 9 aromatic carbocycles. The quantitative estimate of drug-likeness (QED) is 0.103. The average molecular weight is 836 g/mol. The van der Waals surface area contributed by atoms with Crippen molar-refractivity contribution in [3.8, 4) is 44.8 Å². The van der Waals surface area contributed by atoms with Crippen molar-refractivity contribution in [3.05, 3.63) is 258 Å². The summed E-state index contributed by atoms with van der Waals surface area (Å²) in [5, 5.41) is 16.1. The number of benzene rings is 9. The lowest BCUT2D eigenvalue weighted by atomic mass is 9.97. The number of aromatic amines is 1. The number of fused-ring (bicyclic) bond motifs is 2. The van der Waals surface area contributed by atoms with E-state index in [1.807, 2.05) is 36.4 Å². The van der Waals surface area contributed by atoms with Gasteiger partial charge in [-0.3, -0.25) is 10.7 Å². The molecular formula is C59H43N6+. The fourth-order valence-corrected chi connectivity index (χ4v) is 8.64. The van der Waals surface area contributed by atoms with Crippen LogP contribution in [-0.4, -0.2) is 21.5 Å². The molecule has 0 saturated carbocycles. The first-order chi connectivity index (χ1) is 32.1. The third-order valence-electron chi connectivity index (χ3n) is 12.1. The molecule has 0 bridgehead atoms. The van der Waals surface area contributed by atoms with Crippen molar-refractivity contribution in [2.24, 2.45) is 9.98 Å². The second kappa shape index (κ2) is 17.3. The Morgan fingerprint density at radius 2 is 1.02 bits per heavy atom. The minimum atomic E-state index is -0.213. The highest BCUT2D eigenvalue weighted by molar-refractivity contribution is 6.12. The molecule has 0 aliphatic carbocycles. The van der Waals surface area contributed by atoms with Crippen molar-refractivity contribution in [1.82, 2.24) is 9.97 Å². The normalized spacial score (nSPS) is 14.0. The topological polar surface area (TPSA) is 93.9 Å². The number of nitrogens with one attached hydrogen (secondary N) is 2. The van der Waals surface area contributed by atoms with E-state index in [1.54, 1.807) is 0 Å². The van der Waals surface area contributed by atoms with Crippen molar-refractivity contribution < 1.29 is 5.32 Å². The standard InChI is InChI=1S/C59H42N6/c60-57(65-59-63-55(50-31-25-41-17-7-9-19-45(41)34-50)38-56(64-59)51-32-26-42-18-8-10-20-46(42)35-51)44-29-27-43(28-30-44)53-37-54(49-23-11-21-47(33-49)39-13-3-1-4-14-39)62-58(61-53)52-24-12-22-48(36-52)40-15-5-2-6-16-40/h1-38,58,62H,(H2,60,63,64,65)/p+1. The summed E-state index contributed by atoms with van der Waals surface area (Å²) in [6.07, 6.45) is 1.97. The molecule has 1 atom stereocenters. The molecule has 11 rings (SSSR count). The number of aliphatic imine (C=N–C) groups is 1. The van der Waals surface area contributed by atoms with Gasteiger partial charge in [0, 0.05) is 33.9 Å². The van der Waals surface area contributed by atoms with E-state index in [0.29, 0.717) is 11.2 Å². The molecule has 6 heteroatoms. The van der Waals surface area contributed by atoms with Gasteiger partial charge in [0.15, 0.2) is 5.84 Å². The average Bonchev–Trinajstić information content (AvgIpc) is 3.38. The van der Waals surface area contributed by atoms with Crippen LogP contribution in [-0.2, 0) is 0 Å². The molecule has 0 saturated heterocycles. The van der Waals surface area contributed by atoms with Crippen LogP contribution in [0.5, 0.6) is 0 Å². The minimum absolute atomic E-state index is 0.101. The third-order valence-corrected chi connectivity index (χ3v) is 12.1. The zero-order valence-corrected chi connectivity index (χ0v) is 35.4. The highest BCUT2D eigenvalue weighted by Gasteiger charge is 2.25. The van der Waals surface area contributed by atoms with E-state index in [4.69, 9.17) is 15.0 Å². The SMILES string of the molecule is N=C(N=c1nc(-c2ccc3ccccc3c2)cc(-c2ccc3ccccc3c2)[nH]1)c1ccc(C2=NC(c3cccc(-c4ccccc4)c3)[NH2+]C(c3cccc(-c4ccccc4)c3)=C2)cc1. The fraction of sp³-hybridized carbons (Fsp3) is 0.0169. The van der Waals surface area contributed by atoms with Crippen LogP contribution >= 0.6 is 0 Å². The molecule has 6 nitrogen and oxygen atoms in total. The summed E-state index contributed by atoms with van der Waals surface area (Å²) < 4.78 is 0. The molecule has 65 heavy (non-hydrogen) atoms. The van der Waals surface area contributed by atoms with Crippen molar-refractivity contribution in [3.63, 3.8) is 0 Å². The van der Waals surface area contributed by atoms with E-state index in [1.165, 1.54) is 16.5 Å². The second-order valence-corrected chi connectivity index (χ2v) is 16.3. The number of allylic oxidation sites excluding steroid dienone is 1. The lowest BCUT2D eigenvalue weighted by Gasteiger charge is -2.21. The maximum atomic E-state index is 9.25. The van der Waals surface area contributed by atoms with Gasteiger partial charge in [-0.25, -0.2) is 9.98 Å². The van der Waals surface area contributed by atoms with Crippen LogP contribution in [0.15, 0.2) is 241 Å². The molecule has 1 aromatic heterocycles. The third kappa shape index (κ3) is 8.37. The second-order valence-electron chi connectivity index (χ2n) is 16.3. The number of rotatable bonds is 8. The number of quaternary nitrogens is 1. The Hall–Kier alpha value is -8.58. The van der Waals surface area contributed by atoms with E-state index in [9.17, 15) is 5.41 Å². The zero-order valence-electron chi connectivity index (χ0n) is 35.4. The van der Waals surface area contributed by atoms with Gasteiger partial charge < -0.3 is 4.98 Å². The molecule has 10 aromatic rings. The maximum absolute atomic E-state index is 9.25. The summed E-state index contributed by atoms with van der Waals surface area (Å²) in [7, 11) is 0. The molecule has 0 radical (unpaired) electrons. The Bertz CT molecular complexity index is 3430. The Balaban J connectivity index is 0.954. The molecule has 0 spiro atoms. The first kappa shape index (κ1) is 39.3. The lowest BCUT2D eigenvalue weighted by Crippen LogP contribution is -2.82. The Labute approximate surface area is 377 Å². The summed E-state index contributed by atoms with van der Waals surface area (Å²) in [4.78, 5) is 18.6. The van der Waals surface area contributed by atoms with Crippen LogP contribution in [0.2, 0.25) is 0 Å². The van der Waals surface area contributed by atoms with Gasteiger partial charge in [-0.15, -0.1) is 0 Å². The van der Waals surface area contributed by atoms with Crippen LogP contribution in [0.25, 0.3) is 72.0 Å². The van der Waals surface area contributed by atoms with Gasteiger partial charge >= 0.3 is 0 Å². The number of nitrogens with two attached hydrogens (primary N) is 1. The Kier molecular flexibility index (Phi) is 10.5. The number of nitrogens with zero attached hydrogens (tertiary/aromatic N) is 3. The van der Waals surface area contributed by atoms with Crippen LogP contribution < -0.4 is 10.9 Å². The molecule has 1 aliphatic rings. The van der Waals surface area contributed by atoms with E-state index in [2.05, 4.69) is 204 Å². The molecule has 2 heterocycles. The number of hydrogen-bond acceptors (Lipinski definition) is 3. The number of amidine groups is 1. The predicted molar refractivity (Wildman–Crippen MR) is 266 cm³/mol. The molecule has 308 valence electrons. The van der Waals surface area contributed by atoms with E-state index < -0.39 is 0 Å². The molecule has 0 amide bonds. The number of hydrogen-bond donors (Lipinski definition) is 3. The van der Waals surface area contributed by atoms with Crippen LogP contribution in [0.3, 0.4) is 0 Å². The van der Waals surface area contributed by atoms with Gasteiger partial charge in [-0.05, 0) is 85.8 Å². The fourth-order valence-electron chi connectivity index (χ4n) is 8.64. The molecule has 1 unspecified atom stereocenters. The lowest BCUT2D eigenvalue weighted by molar-refractivity contribution is -0.609. The number of aromatic nitrogens is 2. The first-order valence-electron chi connectivity index (χ1n) is 21.9. The number of H-pyrrole nitrogens is 1. The molecular weight excluding hydrogens is 793 g/mol. The monoisotopic (exact) mass is 835 g/mol.